The lowest BCUT2D eigenvalue weighted by molar-refractivity contribution is -0.384. The van der Waals surface area contributed by atoms with Gasteiger partial charge in [-0.15, -0.1) is 0 Å². The van der Waals surface area contributed by atoms with Crippen molar-refractivity contribution >= 4 is 46.2 Å². The molecule has 2 rings (SSSR count). The average molecular weight is 701 g/mol. The van der Waals surface area contributed by atoms with Crippen molar-refractivity contribution in [2.75, 3.05) is 16.7 Å². The first kappa shape index (κ1) is 39.9. The Hall–Kier alpha value is -2.16. The zero-order valence-corrected chi connectivity index (χ0v) is 29.4. The molecule has 0 atom stereocenters. The molecule has 0 aromatic heterocycles. The fourth-order valence-electron chi connectivity index (χ4n) is 3.47. The fraction of sp³-hybridized carbons (Fsp3) is 0.538. The number of non-ortho nitro benzene ring substituents is 1. The van der Waals surface area contributed by atoms with E-state index < -0.39 is 75.2 Å². The van der Waals surface area contributed by atoms with Gasteiger partial charge in [-0.1, -0.05) is 0 Å². The minimum Gasteiger partial charge on any atom is -0.399 e. The summed E-state index contributed by atoms with van der Waals surface area (Å²) < 4.78 is 95.7. The SMILES string of the molecule is CC(C)OP(=O)(CS(=O)(=O)c1ccc(N)cc1)OC(C)C.CC(C)OP(=O)(CS(=O)(=O)c1ccc([N+](=O)[O-])cc1)OC(C)C. The Bertz CT molecular complexity index is 1510. The molecule has 0 saturated carbocycles. The molecule has 0 saturated heterocycles. The van der Waals surface area contributed by atoms with E-state index in [2.05, 4.69) is 0 Å². The van der Waals surface area contributed by atoms with Gasteiger partial charge in [-0.2, -0.15) is 0 Å². The van der Waals surface area contributed by atoms with Crippen LogP contribution in [0.3, 0.4) is 0 Å². The topological polar surface area (TPSA) is 208 Å². The molecule has 44 heavy (non-hydrogen) atoms. The second kappa shape index (κ2) is 16.4. The maximum atomic E-state index is 12.7. The molecule has 0 fully saturated rings. The van der Waals surface area contributed by atoms with Crippen LogP contribution in [0.15, 0.2) is 58.3 Å². The van der Waals surface area contributed by atoms with Crippen LogP contribution in [-0.4, -0.2) is 57.2 Å². The summed E-state index contributed by atoms with van der Waals surface area (Å²) in [5.74, 6) is 0. The highest BCUT2D eigenvalue weighted by Gasteiger charge is 2.36. The number of nitrogens with two attached hydrogens (primary N) is 1. The number of hydrogen-bond donors (Lipinski definition) is 1. The quantitative estimate of drug-likeness (QED) is 0.0922. The third-order valence-electron chi connectivity index (χ3n) is 4.79. The molecule has 2 N–H and O–H groups in total. The standard InChI is InChI=1S/C13H20NO7PS.C13H22NO5PS/c1-10(2)20-22(17,21-11(3)4)9-23(18,19)13-7-5-12(6-8-13)14(15)16;1-10(2)18-20(15,19-11(3)4)9-21(16,17)13-7-5-12(14)6-8-13/h5-8,10-11H,9H2,1-4H3;5-8,10-11H,9,14H2,1-4H3. The van der Waals surface area contributed by atoms with Crippen molar-refractivity contribution in [1.29, 1.82) is 0 Å². The number of nitro benzene ring substituents is 1. The summed E-state index contributed by atoms with van der Waals surface area (Å²) in [6.45, 7) is 13.2. The first-order valence-electron chi connectivity index (χ1n) is 13.5. The average Bonchev–Trinajstić information content (AvgIpc) is 2.81. The summed E-state index contributed by atoms with van der Waals surface area (Å²) in [6, 6.07) is 10.0. The molecule has 0 aliphatic heterocycles. The van der Waals surface area contributed by atoms with Crippen LogP contribution in [0.25, 0.3) is 0 Å². The Balaban J connectivity index is 0.000000442. The second-order valence-corrected chi connectivity index (χ2v) is 19.4. The van der Waals surface area contributed by atoms with E-state index in [1.807, 2.05) is 0 Å². The smallest absolute Gasteiger partial charge is 0.346 e. The zero-order chi connectivity index (χ0) is 34.1. The van der Waals surface area contributed by atoms with Gasteiger partial charge < -0.3 is 23.8 Å². The molecule has 2 aromatic rings. The normalized spacial score (nSPS) is 12.9. The van der Waals surface area contributed by atoms with Gasteiger partial charge in [0.15, 0.2) is 30.7 Å². The molecule has 0 bridgehead atoms. The number of benzene rings is 2. The van der Waals surface area contributed by atoms with Gasteiger partial charge >= 0.3 is 15.2 Å². The lowest BCUT2D eigenvalue weighted by Gasteiger charge is -2.22. The predicted octanol–water partition coefficient (Wildman–Crippen LogP) is 6.41. The van der Waals surface area contributed by atoms with Crippen molar-refractivity contribution in [3.8, 4) is 0 Å². The van der Waals surface area contributed by atoms with E-state index in [4.69, 9.17) is 23.8 Å². The summed E-state index contributed by atoms with van der Waals surface area (Å²) in [6.07, 6.45) is -1.77. The summed E-state index contributed by atoms with van der Waals surface area (Å²) in [4.78, 5) is 9.83. The predicted molar refractivity (Wildman–Crippen MR) is 168 cm³/mol. The Morgan fingerprint density at radius 1 is 0.636 bits per heavy atom. The molecule has 2 aromatic carbocycles. The van der Waals surface area contributed by atoms with Crippen LogP contribution >= 0.6 is 15.2 Å². The highest BCUT2D eigenvalue weighted by atomic mass is 32.2. The molecule has 250 valence electrons. The van der Waals surface area contributed by atoms with Crippen molar-refractivity contribution in [3.63, 3.8) is 0 Å². The van der Waals surface area contributed by atoms with Crippen LogP contribution in [0.4, 0.5) is 11.4 Å². The summed E-state index contributed by atoms with van der Waals surface area (Å²) >= 11 is 0. The van der Waals surface area contributed by atoms with E-state index in [1.165, 1.54) is 24.3 Å². The van der Waals surface area contributed by atoms with E-state index in [0.29, 0.717) is 5.69 Å². The lowest BCUT2D eigenvalue weighted by atomic mass is 10.3. The molecular weight excluding hydrogens is 658 g/mol. The summed E-state index contributed by atoms with van der Waals surface area (Å²) in [7, 11) is -15.4. The largest absolute Gasteiger partial charge is 0.399 e. The van der Waals surface area contributed by atoms with Crippen LogP contribution in [0.1, 0.15) is 55.4 Å². The molecule has 14 nitrogen and oxygen atoms in total. The van der Waals surface area contributed by atoms with E-state index in [-0.39, 0.29) is 15.5 Å². The van der Waals surface area contributed by atoms with E-state index in [0.717, 1.165) is 24.3 Å². The van der Waals surface area contributed by atoms with Gasteiger partial charge in [0.25, 0.3) is 5.69 Å². The molecule has 0 amide bonds. The van der Waals surface area contributed by atoms with Crippen molar-refractivity contribution < 1.29 is 49.0 Å². The Morgan fingerprint density at radius 3 is 1.16 bits per heavy atom. The van der Waals surface area contributed by atoms with Gasteiger partial charge in [-0.05, 0) is 91.8 Å². The number of anilines is 1. The Morgan fingerprint density at radius 2 is 0.909 bits per heavy atom. The van der Waals surface area contributed by atoms with Crippen molar-refractivity contribution in [3.05, 3.63) is 58.6 Å². The first-order valence-corrected chi connectivity index (χ1v) is 20.2. The van der Waals surface area contributed by atoms with Gasteiger partial charge in [0.1, 0.15) is 0 Å². The fourth-order valence-corrected chi connectivity index (χ4v) is 12.7. The number of nitrogen functional groups attached to an aromatic ring is 1. The maximum absolute atomic E-state index is 12.7. The third-order valence-corrected chi connectivity index (χ3v) is 15.0. The molecule has 0 aliphatic rings. The number of nitrogens with zero attached hydrogens (tertiary/aromatic N) is 1. The lowest BCUT2D eigenvalue weighted by Crippen LogP contribution is -2.16. The number of nitro groups is 1. The Kier molecular flexibility index (Phi) is 14.9. The van der Waals surface area contributed by atoms with E-state index >= 15 is 0 Å². The number of rotatable bonds is 15. The molecular formula is C26H42N2O12P2S2. The molecule has 0 unspecified atom stereocenters. The van der Waals surface area contributed by atoms with Crippen LogP contribution in [-0.2, 0) is 46.9 Å². The van der Waals surface area contributed by atoms with Crippen molar-refractivity contribution in [1.82, 2.24) is 0 Å². The number of hydrogen-bond acceptors (Lipinski definition) is 13. The summed E-state index contributed by atoms with van der Waals surface area (Å²) in [5.41, 5.74) is 4.23. The minimum atomic E-state index is -3.99. The van der Waals surface area contributed by atoms with Crippen LogP contribution < -0.4 is 5.73 Å². The molecule has 0 aliphatic carbocycles. The molecule has 0 radical (unpaired) electrons. The van der Waals surface area contributed by atoms with Gasteiger partial charge in [-0.25, -0.2) is 16.8 Å². The summed E-state index contributed by atoms with van der Waals surface area (Å²) in [5, 5.41) is 10.6. The van der Waals surface area contributed by atoms with Crippen LogP contribution in [0.2, 0.25) is 0 Å². The maximum Gasteiger partial charge on any atom is 0.346 e. The highest BCUT2D eigenvalue weighted by molar-refractivity contribution is 7.98. The van der Waals surface area contributed by atoms with Gasteiger partial charge in [-0.3, -0.25) is 19.2 Å². The van der Waals surface area contributed by atoms with Gasteiger partial charge in [0.05, 0.1) is 39.1 Å². The molecule has 0 spiro atoms. The molecule has 0 heterocycles. The van der Waals surface area contributed by atoms with E-state index in [9.17, 15) is 36.1 Å². The van der Waals surface area contributed by atoms with Crippen LogP contribution in [0, 0.1) is 10.1 Å². The third kappa shape index (κ3) is 13.9. The zero-order valence-electron chi connectivity index (χ0n) is 26.0. The highest BCUT2D eigenvalue weighted by Crippen LogP contribution is 2.53. The first-order chi connectivity index (χ1) is 20.0. The second-order valence-electron chi connectivity index (χ2n) is 10.6. The molecule has 18 heteroatoms. The van der Waals surface area contributed by atoms with Gasteiger partial charge in [0, 0.05) is 17.8 Å². The monoisotopic (exact) mass is 700 g/mol. The van der Waals surface area contributed by atoms with Crippen LogP contribution in [0.5, 0.6) is 0 Å². The van der Waals surface area contributed by atoms with Crippen molar-refractivity contribution in [2.24, 2.45) is 0 Å². The number of sulfone groups is 2. The minimum absolute atomic E-state index is 0.0386. The van der Waals surface area contributed by atoms with Crippen molar-refractivity contribution in [2.45, 2.75) is 89.6 Å². The van der Waals surface area contributed by atoms with E-state index in [1.54, 1.807) is 55.4 Å². The Labute approximate surface area is 259 Å². The van der Waals surface area contributed by atoms with Gasteiger partial charge in [0.2, 0.25) is 0 Å².